The van der Waals surface area contributed by atoms with Crippen molar-refractivity contribution >= 4 is 5.78 Å². The van der Waals surface area contributed by atoms with Crippen molar-refractivity contribution in [1.82, 2.24) is 4.98 Å². The van der Waals surface area contributed by atoms with Gasteiger partial charge in [-0.1, -0.05) is 30.2 Å². The zero-order valence-electron chi connectivity index (χ0n) is 12.2. The molecule has 0 aliphatic heterocycles. The Balaban J connectivity index is 1.88. The minimum absolute atomic E-state index is 0.0357. The quantitative estimate of drug-likeness (QED) is 0.593. The van der Waals surface area contributed by atoms with Crippen molar-refractivity contribution in [2.45, 2.75) is 0 Å². The number of ketones is 1. The normalized spacial score (nSPS) is 10.0. The molecule has 3 aromatic rings. The lowest BCUT2D eigenvalue weighted by Crippen LogP contribution is -2.02. The Hall–Kier alpha value is -3.38. The van der Waals surface area contributed by atoms with Crippen LogP contribution < -0.4 is 0 Å². The van der Waals surface area contributed by atoms with Gasteiger partial charge >= 0.3 is 0 Å². The maximum Gasteiger partial charge on any atom is 0.198 e. The Bertz CT molecular complexity index is 888. The molecule has 0 bridgehead atoms. The minimum Gasteiger partial charge on any atom is -0.507 e. The molecule has 0 atom stereocenters. The fourth-order valence-corrected chi connectivity index (χ4v) is 2.26. The van der Waals surface area contributed by atoms with E-state index < -0.39 is 0 Å². The second-order valence-corrected chi connectivity index (χ2v) is 5.00. The molecule has 0 aliphatic rings. The highest BCUT2D eigenvalue weighted by atomic mass is 16.3. The van der Waals surface area contributed by atoms with Gasteiger partial charge in [-0.3, -0.25) is 9.78 Å². The molecule has 1 heterocycles. The van der Waals surface area contributed by atoms with Crippen LogP contribution in [0.25, 0.3) is 11.3 Å². The summed E-state index contributed by atoms with van der Waals surface area (Å²) in [4.78, 5) is 16.7. The van der Waals surface area contributed by atoms with Gasteiger partial charge in [-0.25, -0.2) is 0 Å². The molecule has 3 nitrogen and oxygen atoms in total. The largest absolute Gasteiger partial charge is 0.507 e. The second kappa shape index (κ2) is 6.17. The number of phenolic OH excluding ortho intramolecular Hbond substituents is 1. The summed E-state index contributed by atoms with van der Waals surface area (Å²) in [5.41, 5.74) is 3.17. The van der Waals surface area contributed by atoms with Crippen molar-refractivity contribution in [3.63, 3.8) is 0 Å². The summed E-state index contributed by atoms with van der Waals surface area (Å²) < 4.78 is 0. The van der Waals surface area contributed by atoms with Gasteiger partial charge in [-0.15, -0.1) is 6.42 Å². The SMILES string of the molecule is C#Cc1ccc(-c2ccc(C(=O)c3ccccc3O)cn2)cc1. The molecule has 23 heavy (non-hydrogen) atoms. The Morgan fingerprint density at radius 1 is 1.00 bits per heavy atom. The average molecular weight is 299 g/mol. The molecule has 0 saturated heterocycles. The van der Waals surface area contributed by atoms with Crippen LogP contribution in [-0.4, -0.2) is 15.9 Å². The molecule has 0 unspecified atom stereocenters. The van der Waals surface area contributed by atoms with Gasteiger partial charge in [0.05, 0.1) is 11.3 Å². The number of terminal acetylenes is 1. The summed E-state index contributed by atoms with van der Waals surface area (Å²) in [5, 5.41) is 9.77. The molecule has 110 valence electrons. The zero-order valence-corrected chi connectivity index (χ0v) is 12.2. The van der Waals surface area contributed by atoms with E-state index in [1.165, 1.54) is 12.3 Å². The van der Waals surface area contributed by atoms with E-state index in [1.807, 2.05) is 24.3 Å². The summed E-state index contributed by atoms with van der Waals surface area (Å²) >= 11 is 0. The van der Waals surface area contributed by atoms with E-state index in [4.69, 9.17) is 6.42 Å². The molecule has 0 fully saturated rings. The summed E-state index contributed by atoms with van der Waals surface area (Å²) in [6.45, 7) is 0. The molecule has 0 amide bonds. The number of para-hydroxylation sites is 1. The van der Waals surface area contributed by atoms with Crippen molar-refractivity contribution in [2.24, 2.45) is 0 Å². The molecule has 3 heteroatoms. The van der Waals surface area contributed by atoms with E-state index in [2.05, 4.69) is 10.9 Å². The van der Waals surface area contributed by atoms with E-state index >= 15 is 0 Å². The van der Waals surface area contributed by atoms with E-state index in [0.717, 1.165) is 16.8 Å². The van der Waals surface area contributed by atoms with Crippen molar-refractivity contribution in [3.05, 3.63) is 83.6 Å². The van der Waals surface area contributed by atoms with Crippen LogP contribution in [0.5, 0.6) is 5.75 Å². The number of aromatic nitrogens is 1. The Morgan fingerprint density at radius 2 is 1.74 bits per heavy atom. The van der Waals surface area contributed by atoms with Crippen LogP contribution in [0.4, 0.5) is 0 Å². The lowest BCUT2D eigenvalue weighted by molar-refractivity contribution is 0.103. The fourth-order valence-electron chi connectivity index (χ4n) is 2.26. The van der Waals surface area contributed by atoms with E-state index in [9.17, 15) is 9.90 Å². The molecule has 3 rings (SSSR count). The fraction of sp³-hybridized carbons (Fsp3) is 0. The highest BCUT2D eigenvalue weighted by Gasteiger charge is 2.13. The van der Waals surface area contributed by atoms with Crippen molar-refractivity contribution < 1.29 is 9.90 Å². The van der Waals surface area contributed by atoms with E-state index in [0.29, 0.717) is 5.56 Å². The highest BCUT2D eigenvalue weighted by Crippen LogP contribution is 2.22. The lowest BCUT2D eigenvalue weighted by Gasteiger charge is -2.05. The average Bonchev–Trinajstić information content (AvgIpc) is 2.62. The molecule has 1 aromatic heterocycles. The second-order valence-electron chi connectivity index (χ2n) is 5.00. The van der Waals surface area contributed by atoms with E-state index in [1.54, 1.807) is 30.3 Å². The third-order valence-corrected chi connectivity index (χ3v) is 3.52. The molecule has 0 aliphatic carbocycles. The van der Waals surface area contributed by atoms with Gasteiger partial charge in [0.1, 0.15) is 5.75 Å². The first-order chi connectivity index (χ1) is 11.2. The van der Waals surface area contributed by atoms with Gasteiger partial charge in [-0.05, 0) is 36.4 Å². The van der Waals surface area contributed by atoms with Gasteiger partial charge in [0.2, 0.25) is 0 Å². The number of carbonyl (C=O) groups is 1. The molecular formula is C20H13NO2. The smallest absolute Gasteiger partial charge is 0.198 e. The van der Waals surface area contributed by atoms with Crippen molar-refractivity contribution in [1.29, 1.82) is 0 Å². The molecule has 0 radical (unpaired) electrons. The number of carbonyl (C=O) groups excluding carboxylic acids is 1. The molecule has 2 aromatic carbocycles. The summed E-state index contributed by atoms with van der Waals surface area (Å²) in [6, 6.07) is 17.4. The van der Waals surface area contributed by atoms with Crippen LogP contribution in [0.15, 0.2) is 66.9 Å². The van der Waals surface area contributed by atoms with Crippen molar-refractivity contribution in [2.75, 3.05) is 0 Å². The first-order valence-electron chi connectivity index (χ1n) is 7.05. The number of hydrogen-bond acceptors (Lipinski definition) is 3. The van der Waals surface area contributed by atoms with Crippen LogP contribution in [0.1, 0.15) is 21.5 Å². The van der Waals surface area contributed by atoms with Crippen LogP contribution in [0.2, 0.25) is 0 Å². The number of aromatic hydroxyl groups is 1. The monoisotopic (exact) mass is 299 g/mol. The molecule has 0 saturated carbocycles. The third kappa shape index (κ3) is 2.97. The number of nitrogens with zero attached hydrogens (tertiary/aromatic N) is 1. The number of hydrogen-bond donors (Lipinski definition) is 1. The topological polar surface area (TPSA) is 50.2 Å². The van der Waals surface area contributed by atoms with Gasteiger partial charge in [-0.2, -0.15) is 0 Å². The lowest BCUT2D eigenvalue weighted by atomic mass is 10.0. The minimum atomic E-state index is -0.259. The first kappa shape index (κ1) is 14.6. The van der Waals surface area contributed by atoms with Crippen LogP contribution in [0, 0.1) is 12.3 Å². The van der Waals surface area contributed by atoms with Crippen LogP contribution in [0.3, 0.4) is 0 Å². The molecule has 1 N–H and O–H groups in total. The number of benzene rings is 2. The predicted octanol–water partition coefficient (Wildman–Crippen LogP) is 3.67. The number of rotatable bonds is 3. The van der Waals surface area contributed by atoms with Gasteiger partial charge in [0.15, 0.2) is 5.78 Å². The van der Waals surface area contributed by atoms with Gasteiger partial charge in [0.25, 0.3) is 0 Å². The van der Waals surface area contributed by atoms with Gasteiger partial charge in [0, 0.05) is 22.9 Å². The van der Waals surface area contributed by atoms with Crippen LogP contribution >= 0.6 is 0 Å². The highest BCUT2D eigenvalue weighted by molar-refractivity contribution is 6.10. The van der Waals surface area contributed by atoms with Crippen molar-refractivity contribution in [3.8, 4) is 29.4 Å². The molecule has 0 spiro atoms. The maximum atomic E-state index is 12.4. The maximum absolute atomic E-state index is 12.4. The first-order valence-corrected chi connectivity index (χ1v) is 7.05. The zero-order chi connectivity index (χ0) is 16.2. The Morgan fingerprint density at radius 3 is 2.35 bits per heavy atom. The standard InChI is InChI=1S/C20H13NO2/c1-2-14-7-9-15(10-8-14)18-12-11-16(13-21-18)20(23)17-5-3-4-6-19(17)22/h1,3-13,22H. The van der Waals surface area contributed by atoms with Gasteiger partial charge < -0.3 is 5.11 Å². The Kier molecular flexibility index (Phi) is 3.90. The Labute approximate surface area is 134 Å². The number of phenols is 1. The number of pyridine rings is 1. The van der Waals surface area contributed by atoms with Crippen LogP contribution in [-0.2, 0) is 0 Å². The summed E-state index contributed by atoms with van der Waals surface area (Å²) in [5.74, 6) is 2.27. The summed E-state index contributed by atoms with van der Waals surface area (Å²) in [6.07, 6.45) is 6.85. The summed E-state index contributed by atoms with van der Waals surface area (Å²) in [7, 11) is 0. The molecular weight excluding hydrogens is 286 g/mol. The third-order valence-electron chi connectivity index (χ3n) is 3.52. The van der Waals surface area contributed by atoms with E-state index in [-0.39, 0.29) is 17.1 Å². The predicted molar refractivity (Wildman–Crippen MR) is 89.1 cm³/mol.